The summed E-state index contributed by atoms with van der Waals surface area (Å²) >= 11 is 0. The van der Waals surface area contributed by atoms with Gasteiger partial charge in [0.05, 0.1) is 5.69 Å². The summed E-state index contributed by atoms with van der Waals surface area (Å²) in [7, 11) is 0. The third-order valence-corrected chi connectivity index (χ3v) is 2.76. The van der Waals surface area contributed by atoms with Crippen molar-refractivity contribution in [3.63, 3.8) is 0 Å². The highest BCUT2D eigenvalue weighted by molar-refractivity contribution is 5.57. The van der Waals surface area contributed by atoms with Gasteiger partial charge in [0.1, 0.15) is 5.69 Å². The van der Waals surface area contributed by atoms with E-state index in [1.165, 1.54) is 24.8 Å². The van der Waals surface area contributed by atoms with Crippen LogP contribution in [0.25, 0.3) is 11.4 Å². The molecular formula is C14H17N3. The predicted octanol–water partition coefficient (Wildman–Crippen LogP) is 3.27. The molecule has 0 bridgehead atoms. The summed E-state index contributed by atoms with van der Waals surface area (Å²) in [6.07, 6.45) is 8.28. The van der Waals surface area contributed by atoms with Crippen molar-refractivity contribution >= 4 is 0 Å². The number of aromatic nitrogens is 3. The molecule has 0 aliphatic carbocycles. The Morgan fingerprint density at radius 2 is 2.00 bits per heavy atom. The van der Waals surface area contributed by atoms with Gasteiger partial charge < -0.3 is 0 Å². The molecule has 0 fully saturated rings. The lowest BCUT2D eigenvalue weighted by molar-refractivity contribution is 0.715. The first-order valence-corrected chi connectivity index (χ1v) is 6.13. The summed E-state index contributed by atoms with van der Waals surface area (Å²) in [6.45, 7) is 2.21. The zero-order valence-electron chi connectivity index (χ0n) is 10.1. The fraction of sp³-hybridized carbons (Fsp3) is 0.357. The molecule has 2 heterocycles. The van der Waals surface area contributed by atoms with Gasteiger partial charge in [-0.1, -0.05) is 25.8 Å². The van der Waals surface area contributed by atoms with Crippen LogP contribution < -0.4 is 0 Å². The first kappa shape index (κ1) is 11.7. The maximum atomic E-state index is 4.34. The zero-order chi connectivity index (χ0) is 11.9. The quantitative estimate of drug-likeness (QED) is 0.736. The van der Waals surface area contributed by atoms with Gasteiger partial charge in [0.2, 0.25) is 0 Å². The molecule has 0 aliphatic rings. The van der Waals surface area contributed by atoms with E-state index < -0.39 is 0 Å². The maximum Gasteiger partial charge on any atom is 0.114 e. The minimum atomic E-state index is 0.909. The van der Waals surface area contributed by atoms with Crippen LogP contribution in [0.4, 0.5) is 0 Å². The Bertz CT molecular complexity index is 454. The molecule has 0 atom stereocenters. The van der Waals surface area contributed by atoms with Crippen LogP contribution in [0, 0.1) is 0 Å². The molecule has 0 aromatic carbocycles. The van der Waals surface area contributed by atoms with Crippen molar-refractivity contribution in [2.45, 2.75) is 32.6 Å². The van der Waals surface area contributed by atoms with Gasteiger partial charge in [0, 0.05) is 12.4 Å². The van der Waals surface area contributed by atoms with Crippen molar-refractivity contribution in [2.75, 3.05) is 0 Å². The Kier molecular flexibility index (Phi) is 4.19. The normalized spacial score (nSPS) is 10.4. The minimum Gasteiger partial charge on any atom is -0.255 e. The molecule has 0 N–H and O–H groups in total. The van der Waals surface area contributed by atoms with E-state index in [2.05, 4.69) is 22.1 Å². The van der Waals surface area contributed by atoms with E-state index in [1.807, 2.05) is 24.3 Å². The molecular weight excluding hydrogens is 210 g/mol. The largest absolute Gasteiger partial charge is 0.255 e. The first-order chi connectivity index (χ1) is 8.42. The van der Waals surface area contributed by atoms with Crippen molar-refractivity contribution in [3.05, 3.63) is 42.2 Å². The summed E-state index contributed by atoms with van der Waals surface area (Å²) in [5.41, 5.74) is 3.07. The van der Waals surface area contributed by atoms with Gasteiger partial charge in [0.25, 0.3) is 0 Å². The van der Waals surface area contributed by atoms with Crippen LogP contribution >= 0.6 is 0 Å². The standard InChI is InChI=1S/C14H17N3/c1-2-3-4-7-12-9-11-16-17-14(12)13-8-5-6-10-15-13/h5-6,8-11H,2-4,7H2,1H3. The number of hydrogen-bond donors (Lipinski definition) is 0. The highest BCUT2D eigenvalue weighted by Gasteiger charge is 2.07. The van der Waals surface area contributed by atoms with Crippen molar-refractivity contribution in [3.8, 4) is 11.4 Å². The lowest BCUT2D eigenvalue weighted by atomic mass is 10.0. The van der Waals surface area contributed by atoms with E-state index in [1.54, 1.807) is 12.4 Å². The minimum absolute atomic E-state index is 0.909. The van der Waals surface area contributed by atoms with Crippen molar-refractivity contribution in [2.24, 2.45) is 0 Å². The molecule has 0 saturated carbocycles. The molecule has 2 rings (SSSR count). The molecule has 88 valence electrons. The van der Waals surface area contributed by atoms with Crippen molar-refractivity contribution in [1.29, 1.82) is 0 Å². The SMILES string of the molecule is CCCCCc1ccnnc1-c1ccccn1. The summed E-state index contributed by atoms with van der Waals surface area (Å²) in [6, 6.07) is 7.92. The summed E-state index contributed by atoms with van der Waals surface area (Å²) < 4.78 is 0. The van der Waals surface area contributed by atoms with Gasteiger partial charge in [-0.15, -0.1) is 5.10 Å². The van der Waals surface area contributed by atoms with E-state index in [0.29, 0.717) is 0 Å². The van der Waals surface area contributed by atoms with Gasteiger partial charge in [-0.3, -0.25) is 4.98 Å². The highest BCUT2D eigenvalue weighted by atomic mass is 15.1. The molecule has 17 heavy (non-hydrogen) atoms. The lowest BCUT2D eigenvalue weighted by Gasteiger charge is -2.06. The second-order valence-corrected chi connectivity index (χ2v) is 4.08. The van der Waals surface area contributed by atoms with Crippen LogP contribution in [-0.2, 0) is 6.42 Å². The molecule has 2 aromatic heterocycles. The zero-order valence-corrected chi connectivity index (χ0v) is 10.1. The van der Waals surface area contributed by atoms with Crippen molar-refractivity contribution in [1.82, 2.24) is 15.2 Å². The molecule has 0 unspecified atom stereocenters. The Morgan fingerprint density at radius 3 is 2.76 bits per heavy atom. The lowest BCUT2D eigenvalue weighted by Crippen LogP contribution is -1.97. The van der Waals surface area contributed by atoms with Crippen LogP contribution in [0.5, 0.6) is 0 Å². The molecule has 2 aromatic rings. The maximum absolute atomic E-state index is 4.34. The number of rotatable bonds is 5. The summed E-state index contributed by atoms with van der Waals surface area (Å²) in [5, 5.41) is 8.18. The molecule has 0 spiro atoms. The third kappa shape index (κ3) is 3.09. The first-order valence-electron chi connectivity index (χ1n) is 6.13. The summed E-state index contributed by atoms with van der Waals surface area (Å²) in [5.74, 6) is 0. The Hall–Kier alpha value is -1.77. The second kappa shape index (κ2) is 6.09. The smallest absolute Gasteiger partial charge is 0.114 e. The molecule has 0 aliphatic heterocycles. The average molecular weight is 227 g/mol. The third-order valence-electron chi connectivity index (χ3n) is 2.76. The van der Waals surface area contributed by atoms with Crippen molar-refractivity contribution < 1.29 is 0 Å². The Labute approximate surface area is 102 Å². The van der Waals surface area contributed by atoms with Gasteiger partial charge in [-0.2, -0.15) is 5.10 Å². The Balaban J connectivity index is 2.22. The van der Waals surface area contributed by atoms with Crippen LogP contribution in [0.2, 0.25) is 0 Å². The van der Waals surface area contributed by atoms with Gasteiger partial charge in [-0.25, -0.2) is 0 Å². The van der Waals surface area contributed by atoms with E-state index in [4.69, 9.17) is 0 Å². The van der Waals surface area contributed by atoms with E-state index >= 15 is 0 Å². The molecule has 0 saturated heterocycles. The second-order valence-electron chi connectivity index (χ2n) is 4.08. The van der Waals surface area contributed by atoms with Crippen LogP contribution in [0.3, 0.4) is 0 Å². The van der Waals surface area contributed by atoms with Crippen LogP contribution in [0.15, 0.2) is 36.7 Å². The molecule has 3 nitrogen and oxygen atoms in total. The number of nitrogens with zero attached hydrogens (tertiary/aromatic N) is 3. The van der Waals surface area contributed by atoms with E-state index in [0.717, 1.165) is 17.8 Å². The predicted molar refractivity (Wildman–Crippen MR) is 68.5 cm³/mol. The molecule has 0 amide bonds. The highest BCUT2D eigenvalue weighted by Crippen LogP contribution is 2.19. The summed E-state index contributed by atoms with van der Waals surface area (Å²) in [4.78, 5) is 4.34. The molecule has 3 heteroatoms. The van der Waals surface area contributed by atoms with Gasteiger partial charge in [0.15, 0.2) is 0 Å². The van der Waals surface area contributed by atoms with E-state index in [-0.39, 0.29) is 0 Å². The van der Waals surface area contributed by atoms with Gasteiger partial charge >= 0.3 is 0 Å². The van der Waals surface area contributed by atoms with E-state index in [9.17, 15) is 0 Å². The Morgan fingerprint density at radius 1 is 1.06 bits per heavy atom. The molecule has 0 radical (unpaired) electrons. The fourth-order valence-corrected chi connectivity index (χ4v) is 1.84. The number of pyridine rings is 1. The van der Waals surface area contributed by atoms with Crippen LogP contribution in [-0.4, -0.2) is 15.2 Å². The fourth-order valence-electron chi connectivity index (χ4n) is 1.84. The number of aryl methyl sites for hydroxylation is 1. The number of unbranched alkanes of at least 4 members (excludes halogenated alkanes) is 2. The topological polar surface area (TPSA) is 38.7 Å². The average Bonchev–Trinajstić information content (AvgIpc) is 2.41. The number of hydrogen-bond acceptors (Lipinski definition) is 3. The monoisotopic (exact) mass is 227 g/mol. The van der Waals surface area contributed by atoms with Gasteiger partial charge in [-0.05, 0) is 36.6 Å². The van der Waals surface area contributed by atoms with Crippen LogP contribution in [0.1, 0.15) is 31.7 Å².